The Hall–Kier alpha value is -2.40. The van der Waals surface area contributed by atoms with E-state index < -0.39 is 0 Å². The molecule has 2 atom stereocenters. The van der Waals surface area contributed by atoms with E-state index in [9.17, 15) is 4.79 Å². The van der Waals surface area contributed by atoms with Gasteiger partial charge in [-0.1, -0.05) is 0 Å². The first-order valence-corrected chi connectivity index (χ1v) is 8.02. The number of amides is 1. The van der Waals surface area contributed by atoms with Crippen LogP contribution >= 0.6 is 0 Å². The predicted molar refractivity (Wildman–Crippen MR) is 91.9 cm³/mol. The molecular weight excluding hydrogens is 288 g/mol. The predicted octanol–water partition coefficient (Wildman–Crippen LogP) is 2.70. The van der Waals surface area contributed by atoms with Crippen LogP contribution in [0.1, 0.15) is 30.1 Å². The molecule has 1 aliphatic rings. The summed E-state index contributed by atoms with van der Waals surface area (Å²) in [5.74, 6) is -0.000406. The fourth-order valence-corrected chi connectivity index (χ4v) is 2.84. The fourth-order valence-electron chi connectivity index (χ4n) is 2.84. The molecule has 0 radical (unpaired) electrons. The van der Waals surface area contributed by atoms with Gasteiger partial charge in [-0.2, -0.15) is 0 Å². The Balaban J connectivity index is 1.59. The summed E-state index contributed by atoms with van der Waals surface area (Å²) in [6, 6.07) is 12.1. The Labute approximate surface area is 136 Å². The molecule has 1 saturated heterocycles. The summed E-state index contributed by atoms with van der Waals surface area (Å²) < 4.78 is 0. The number of pyridine rings is 1. The quantitative estimate of drug-likeness (QED) is 0.812. The number of nitrogens with one attached hydrogen (secondary N) is 3. The number of carbonyl (C=O) groups is 1. The molecule has 1 fully saturated rings. The summed E-state index contributed by atoms with van der Waals surface area (Å²) in [4.78, 5) is 16.3. The third-order valence-corrected chi connectivity index (χ3v) is 4.07. The molecule has 5 nitrogen and oxygen atoms in total. The standard InChI is InChI=1S/C18H22N4O/c1-13-12-17(8-11-20-13)22-18(23)14-2-4-15(5-3-14)21-16-6-9-19-10-7-16/h2-7,9-10,13,17,20H,8,11-12H2,1H3,(H,19,21)(H,22,23). The molecule has 0 aliphatic carbocycles. The van der Waals surface area contributed by atoms with Crippen LogP contribution in [0, 0.1) is 0 Å². The van der Waals surface area contributed by atoms with Crippen LogP contribution in [0.3, 0.4) is 0 Å². The van der Waals surface area contributed by atoms with Crippen LogP contribution < -0.4 is 16.0 Å². The van der Waals surface area contributed by atoms with Crippen molar-refractivity contribution in [1.29, 1.82) is 0 Å². The first-order valence-electron chi connectivity index (χ1n) is 8.02. The lowest BCUT2D eigenvalue weighted by molar-refractivity contribution is 0.0925. The van der Waals surface area contributed by atoms with Crippen LogP contribution in [0.2, 0.25) is 0 Å². The van der Waals surface area contributed by atoms with Gasteiger partial charge < -0.3 is 16.0 Å². The summed E-state index contributed by atoms with van der Waals surface area (Å²) in [6.07, 6.45) is 5.44. The maximum absolute atomic E-state index is 12.3. The van der Waals surface area contributed by atoms with E-state index in [1.165, 1.54) is 0 Å². The van der Waals surface area contributed by atoms with Gasteiger partial charge in [0.1, 0.15) is 0 Å². The Morgan fingerprint density at radius 3 is 2.52 bits per heavy atom. The minimum absolute atomic E-state index is 0.000406. The van der Waals surface area contributed by atoms with Crippen LogP contribution in [0.4, 0.5) is 11.4 Å². The van der Waals surface area contributed by atoms with E-state index in [1.807, 2.05) is 36.4 Å². The van der Waals surface area contributed by atoms with Gasteiger partial charge in [-0.25, -0.2) is 0 Å². The van der Waals surface area contributed by atoms with Crippen molar-refractivity contribution in [1.82, 2.24) is 15.6 Å². The zero-order chi connectivity index (χ0) is 16.1. The van der Waals surface area contributed by atoms with Crippen molar-refractivity contribution in [3.63, 3.8) is 0 Å². The molecule has 3 rings (SSSR count). The molecular formula is C18H22N4O. The Bertz CT molecular complexity index is 642. The van der Waals surface area contributed by atoms with Gasteiger partial charge in [0.05, 0.1) is 0 Å². The van der Waals surface area contributed by atoms with Crippen molar-refractivity contribution in [2.75, 3.05) is 11.9 Å². The maximum Gasteiger partial charge on any atom is 0.251 e. The Morgan fingerprint density at radius 1 is 1.13 bits per heavy atom. The zero-order valence-electron chi connectivity index (χ0n) is 13.3. The smallest absolute Gasteiger partial charge is 0.251 e. The van der Waals surface area contributed by atoms with Gasteiger partial charge in [-0.05, 0) is 62.7 Å². The lowest BCUT2D eigenvalue weighted by atomic mass is 10.0. The van der Waals surface area contributed by atoms with Crippen LogP contribution in [0.5, 0.6) is 0 Å². The monoisotopic (exact) mass is 310 g/mol. The molecule has 1 aromatic heterocycles. The summed E-state index contributed by atoms with van der Waals surface area (Å²) in [6.45, 7) is 3.11. The highest BCUT2D eigenvalue weighted by Gasteiger charge is 2.20. The Morgan fingerprint density at radius 2 is 1.83 bits per heavy atom. The number of benzene rings is 1. The van der Waals surface area contributed by atoms with Crippen LogP contribution in [0.15, 0.2) is 48.8 Å². The molecule has 2 unspecified atom stereocenters. The first kappa shape index (κ1) is 15.5. The van der Waals surface area contributed by atoms with Crippen LogP contribution in [-0.4, -0.2) is 29.5 Å². The average molecular weight is 310 g/mol. The summed E-state index contributed by atoms with van der Waals surface area (Å²) >= 11 is 0. The van der Waals surface area contributed by atoms with E-state index in [-0.39, 0.29) is 11.9 Å². The molecule has 1 aliphatic heterocycles. The second-order valence-electron chi connectivity index (χ2n) is 5.99. The number of piperidine rings is 1. The third-order valence-electron chi connectivity index (χ3n) is 4.07. The number of anilines is 2. The third kappa shape index (κ3) is 4.29. The normalized spacial score (nSPS) is 20.7. The highest BCUT2D eigenvalue weighted by molar-refractivity contribution is 5.94. The van der Waals surface area contributed by atoms with E-state index in [2.05, 4.69) is 27.9 Å². The first-order chi connectivity index (χ1) is 11.2. The summed E-state index contributed by atoms with van der Waals surface area (Å²) in [5.41, 5.74) is 2.61. The molecule has 120 valence electrons. The molecule has 0 bridgehead atoms. The lowest BCUT2D eigenvalue weighted by Crippen LogP contribution is -2.46. The van der Waals surface area contributed by atoms with Gasteiger partial charge in [0.25, 0.3) is 5.91 Å². The molecule has 3 N–H and O–H groups in total. The van der Waals surface area contributed by atoms with Gasteiger partial charge in [0.2, 0.25) is 0 Å². The minimum atomic E-state index is -0.000406. The highest BCUT2D eigenvalue weighted by atomic mass is 16.1. The molecule has 0 spiro atoms. The topological polar surface area (TPSA) is 66.0 Å². The molecule has 1 aromatic carbocycles. The second kappa shape index (κ2) is 7.24. The van der Waals surface area contributed by atoms with Gasteiger partial charge >= 0.3 is 0 Å². The fraction of sp³-hybridized carbons (Fsp3) is 0.333. The van der Waals surface area contributed by atoms with Gasteiger partial charge in [-0.15, -0.1) is 0 Å². The van der Waals surface area contributed by atoms with Crippen molar-refractivity contribution < 1.29 is 4.79 Å². The van der Waals surface area contributed by atoms with E-state index >= 15 is 0 Å². The number of rotatable bonds is 4. The number of nitrogens with zero attached hydrogens (tertiary/aromatic N) is 1. The van der Waals surface area contributed by atoms with Crippen molar-refractivity contribution in [2.45, 2.75) is 31.8 Å². The van der Waals surface area contributed by atoms with Crippen molar-refractivity contribution in [2.24, 2.45) is 0 Å². The molecule has 1 amide bonds. The van der Waals surface area contributed by atoms with Gasteiger partial charge in [-0.3, -0.25) is 9.78 Å². The van der Waals surface area contributed by atoms with Gasteiger partial charge in [0, 0.05) is 41.4 Å². The lowest BCUT2D eigenvalue weighted by Gasteiger charge is -2.28. The van der Waals surface area contributed by atoms with Crippen LogP contribution in [0.25, 0.3) is 0 Å². The van der Waals surface area contributed by atoms with E-state index in [0.29, 0.717) is 11.6 Å². The SMILES string of the molecule is CC1CC(NC(=O)c2ccc(Nc3ccncc3)cc2)CCN1. The van der Waals surface area contributed by atoms with E-state index in [4.69, 9.17) is 0 Å². The number of hydrogen-bond acceptors (Lipinski definition) is 4. The van der Waals surface area contributed by atoms with Crippen molar-refractivity contribution in [3.05, 3.63) is 54.4 Å². The van der Waals surface area contributed by atoms with Crippen molar-refractivity contribution in [3.8, 4) is 0 Å². The molecule has 0 saturated carbocycles. The average Bonchev–Trinajstić information content (AvgIpc) is 2.56. The Kier molecular flexibility index (Phi) is 4.88. The van der Waals surface area contributed by atoms with E-state index in [1.54, 1.807) is 12.4 Å². The van der Waals surface area contributed by atoms with Gasteiger partial charge in [0.15, 0.2) is 0 Å². The summed E-state index contributed by atoms with van der Waals surface area (Å²) in [5, 5.41) is 9.80. The molecule has 2 aromatic rings. The molecule has 23 heavy (non-hydrogen) atoms. The summed E-state index contributed by atoms with van der Waals surface area (Å²) in [7, 11) is 0. The van der Waals surface area contributed by atoms with Crippen molar-refractivity contribution >= 4 is 17.3 Å². The largest absolute Gasteiger partial charge is 0.355 e. The van der Waals surface area contributed by atoms with E-state index in [0.717, 1.165) is 30.8 Å². The molecule has 5 heteroatoms. The number of aromatic nitrogens is 1. The van der Waals surface area contributed by atoms with Crippen LogP contribution in [-0.2, 0) is 0 Å². The minimum Gasteiger partial charge on any atom is -0.355 e. The zero-order valence-corrected chi connectivity index (χ0v) is 13.3. The maximum atomic E-state index is 12.3. The number of carbonyl (C=O) groups excluding carboxylic acids is 1. The number of hydrogen-bond donors (Lipinski definition) is 3. The highest BCUT2D eigenvalue weighted by Crippen LogP contribution is 2.16. The molecule has 2 heterocycles. The second-order valence-corrected chi connectivity index (χ2v) is 5.99.